The second kappa shape index (κ2) is 24.1. The molecule has 33 heavy (non-hydrogen) atoms. The monoisotopic (exact) mass is 468 g/mol. The highest BCUT2D eigenvalue weighted by molar-refractivity contribution is 5.70. The topological polar surface area (TPSA) is 52.6 Å². The van der Waals surface area contributed by atoms with Crippen LogP contribution in [0.15, 0.2) is 0 Å². The van der Waals surface area contributed by atoms with Gasteiger partial charge in [-0.2, -0.15) is 0 Å². The molecule has 0 saturated heterocycles. The summed E-state index contributed by atoms with van der Waals surface area (Å²) in [4.78, 5) is 24.6. The number of hydrogen-bond donors (Lipinski definition) is 0. The molecule has 4 heteroatoms. The Labute approximate surface area is 206 Å². The average Bonchev–Trinajstić information content (AvgIpc) is 2.79. The van der Waals surface area contributed by atoms with E-state index in [9.17, 15) is 9.59 Å². The molecule has 0 aliphatic rings. The molecule has 0 aromatic heterocycles. The van der Waals surface area contributed by atoms with Gasteiger partial charge in [0.1, 0.15) is 0 Å². The maximum Gasteiger partial charge on any atom is 0.306 e. The van der Waals surface area contributed by atoms with E-state index in [0.717, 1.165) is 25.7 Å². The van der Waals surface area contributed by atoms with E-state index in [4.69, 9.17) is 9.47 Å². The van der Waals surface area contributed by atoms with Crippen LogP contribution in [0.3, 0.4) is 0 Å². The predicted molar refractivity (Wildman–Crippen MR) is 139 cm³/mol. The summed E-state index contributed by atoms with van der Waals surface area (Å²) >= 11 is 0. The lowest BCUT2D eigenvalue weighted by Gasteiger charge is -2.17. The third-order valence-electron chi connectivity index (χ3n) is 6.59. The summed E-state index contributed by atoms with van der Waals surface area (Å²) in [5.74, 6) is 0.717. The molecule has 0 heterocycles. The molecule has 0 unspecified atom stereocenters. The molecule has 0 bridgehead atoms. The fourth-order valence-corrected chi connectivity index (χ4v) is 4.45. The average molecular weight is 469 g/mol. The Balaban J connectivity index is 4.11. The summed E-state index contributed by atoms with van der Waals surface area (Å²) in [5.41, 5.74) is 0. The fraction of sp³-hybridized carbons (Fsp3) is 0.931. The SMILES string of the molecule is CCCCCC(CCCCC)CC(=O)OCCCOC(=O)CC(CCCCC)CCCCC. The highest BCUT2D eigenvalue weighted by atomic mass is 16.5. The van der Waals surface area contributed by atoms with Crippen LogP contribution in [0.1, 0.15) is 150 Å². The molecule has 0 aliphatic carbocycles. The Kier molecular flexibility index (Phi) is 23.3. The first-order valence-electron chi connectivity index (χ1n) is 14.4. The van der Waals surface area contributed by atoms with Gasteiger partial charge in [0, 0.05) is 19.3 Å². The lowest BCUT2D eigenvalue weighted by Crippen LogP contribution is -2.16. The summed E-state index contributed by atoms with van der Waals surface area (Å²) in [7, 11) is 0. The van der Waals surface area contributed by atoms with E-state index < -0.39 is 0 Å². The van der Waals surface area contributed by atoms with E-state index in [-0.39, 0.29) is 11.9 Å². The number of unbranched alkanes of at least 4 members (excludes halogenated alkanes) is 8. The highest BCUT2D eigenvalue weighted by Crippen LogP contribution is 2.22. The van der Waals surface area contributed by atoms with Crippen molar-refractivity contribution >= 4 is 11.9 Å². The number of carbonyl (C=O) groups excluding carboxylic acids is 2. The van der Waals surface area contributed by atoms with Crippen LogP contribution in [0.5, 0.6) is 0 Å². The molecule has 0 radical (unpaired) electrons. The van der Waals surface area contributed by atoms with Gasteiger partial charge in [-0.3, -0.25) is 9.59 Å². The molecule has 0 N–H and O–H groups in total. The second-order valence-corrected chi connectivity index (χ2v) is 9.92. The van der Waals surface area contributed by atoms with Crippen molar-refractivity contribution in [1.82, 2.24) is 0 Å². The first-order chi connectivity index (χ1) is 16.1. The molecular formula is C29H56O4. The fourth-order valence-electron chi connectivity index (χ4n) is 4.45. The van der Waals surface area contributed by atoms with Gasteiger partial charge in [-0.05, 0) is 37.5 Å². The van der Waals surface area contributed by atoms with Gasteiger partial charge in [-0.15, -0.1) is 0 Å². The third kappa shape index (κ3) is 21.2. The normalized spacial score (nSPS) is 11.3. The van der Waals surface area contributed by atoms with E-state index in [1.54, 1.807) is 0 Å². The van der Waals surface area contributed by atoms with Gasteiger partial charge >= 0.3 is 11.9 Å². The van der Waals surface area contributed by atoms with Gasteiger partial charge in [0.25, 0.3) is 0 Å². The summed E-state index contributed by atoms with van der Waals surface area (Å²) in [6, 6.07) is 0. The van der Waals surface area contributed by atoms with Crippen LogP contribution in [-0.2, 0) is 19.1 Å². The van der Waals surface area contributed by atoms with Crippen molar-refractivity contribution in [3.63, 3.8) is 0 Å². The maximum absolute atomic E-state index is 12.3. The number of carbonyl (C=O) groups is 2. The molecule has 0 fully saturated rings. The molecular weight excluding hydrogens is 412 g/mol. The summed E-state index contributed by atoms with van der Waals surface area (Å²) in [5, 5.41) is 0. The molecule has 0 saturated carbocycles. The lowest BCUT2D eigenvalue weighted by molar-refractivity contribution is -0.147. The van der Waals surface area contributed by atoms with Crippen molar-refractivity contribution in [2.24, 2.45) is 11.8 Å². The van der Waals surface area contributed by atoms with Crippen LogP contribution < -0.4 is 0 Å². The van der Waals surface area contributed by atoms with Crippen LogP contribution in [0.2, 0.25) is 0 Å². The van der Waals surface area contributed by atoms with Crippen LogP contribution in [0.4, 0.5) is 0 Å². The first-order valence-corrected chi connectivity index (χ1v) is 14.4. The van der Waals surface area contributed by atoms with Crippen molar-refractivity contribution in [2.75, 3.05) is 13.2 Å². The third-order valence-corrected chi connectivity index (χ3v) is 6.59. The minimum Gasteiger partial charge on any atom is -0.466 e. The molecule has 4 nitrogen and oxygen atoms in total. The van der Waals surface area contributed by atoms with E-state index in [0.29, 0.717) is 44.3 Å². The van der Waals surface area contributed by atoms with E-state index in [1.807, 2.05) is 0 Å². The van der Waals surface area contributed by atoms with Crippen LogP contribution in [-0.4, -0.2) is 25.2 Å². The molecule has 0 atom stereocenters. The molecule has 0 aromatic carbocycles. The standard InChI is InChI=1S/C29H56O4/c1-5-9-13-18-26(19-14-10-6-2)24-28(30)32-22-17-23-33-29(31)25-27(20-15-11-7-3)21-16-12-8-4/h26-27H,5-25H2,1-4H3. The smallest absolute Gasteiger partial charge is 0.306 e. The van der Waals surface area contributed by atoms with Gasteiger partial charge in [0.15, 0.2) is 0 Å². The Bertz CT molecular complexity index is 389. The Morgan fingerprint density at radius 3 is 1.06 bits per heavy atom. The van der Waals surface area contributed by atoms with Gasteiger partial charge in [0.2, 0.25) is 0 Å². The summed E-state index contributed by atoms with van der Waals surface area (Å²) in [6.07, 6.45) is 20.8. The molecule has 0 spiro atoms. The van der Waals surface area contributed by atoms with Gasteiger partial charge in [-0.1, -0.05) is 105 Å². The van der Waals surface area contributed by atoms with Crippen LogP contribution in [0.25, 0.3) is 0 Å². The zero-order chi connectivity index (χ0) is 24.6. The number of rotatable bonds is 24. The zero-order valence-corrected chi connectivity index (χ0v) is 22.6. The quantitative estimate of drug-likeness (QED) is 0.105. The molecule has 0 aromatic rings. The largest absolute Gasteiger partial charge is 0.466 e. The minimum absolute atomic E-state index is 0.0914. The molecule has 0 aliphatic heterocycles. The zero-order valence-electron chi connectivity index (χ0n) is 22.6. The lowest BCUT2D eigenvalue weighted by atomic mass is 9.92. The molecule has 0 amide bonds. The Hall–Kier alpha value is -1.06. The summed E-state index contributed by atoms with van der Waals surface area (Å²) in [6.45, 7) is 9.55. The summed E-state index contributed by atoms with van der Waals surface area (Å²) < 4.78 is 10.9. The Morgan fingerprint density at radius 1 is 0.485 bits per heavy atom. The number of hydrogen-bond acceptors (Lipinski definition) is 4. The molecule has 0 rings (SSSR count). The van der Waals surface area contributed by atoms with Gasteiger partial charge in [0.05, 0.1) is 13.2 Å². The molecule has 196 valence electrons. The van der Waals surface area contributed by atoms with Crippen LogP contribution >= 0.6 is 0 Å². The second-order valence-electron chi connectivity index (χ2n) is 9.92. The first kappa shape index (κ1) is 31.9. The maximum atomic E-state index is 12.3. The van der Waals surface area contributed by atoms with Crippen molar-refractivity contribution in [3.05, 3.63) is 0 Å². The number of esters is 2. The van der Waals surface area contributed by atoms with Gasteiger partial charge in [-0.25, -0.2) is 0 Å². The minimum atomic E-state index is -0.0914. The van der Waals surface area contributed by atoms with E-state index in [1.165, 1.54) is 77.0 Å². The van der Waals surface area contributed by atoms with Gasteiger partial charge < -0.3 is 9.47 Å². The van der Waals surface area contributed by atoms with Crippen molar-refractivity contribution in [1.29, 1.82) is 0 Å². The Morgan fingerprint density at radius 2 is 0.788 bits per heavy atom. The number of ether oxygens (including phenoxy) is 2. The van der Waals surface area contributed by atoms with Crippen LogP contribution in [0, 0.1) is 11.8 Å². The van der Waals surface area contributed by atoms with Crippen molar-refractivity contribution < 1.29 is 19.1 Å². The predicted octanol–water partition coefficient (Wildman–Crippen LogP) is 8.80. The van der Waals surface area contributed by atoms with E-state index >= 15 is 0 Å². The highest BCUT2D eigenvalue weighted by Gasteiger charge is 2.16. The van der Waals surface area contributed by atoms with Crippen molar-refractivity contribution in [2.45, 2.75) is 150 Å². The van der Waals surface area contributed by atoms with Crippen molar-refractivity contribution in [3.8, 4) is 0 Å². The van der Waals surface area contributed by atoms with E-state index in [2.05, 4.69) is 27.7 Å².